The third kappa shape index (κ3) is 3.16. The van der Waals surface area contributed by atoms with E-state index in [1.165, 1.54) is 16.8 Å². The van der Waals surface area contributed by atoms with Crippen LogP contribution in [0.4, 0.5) is 10.1 Å². The second-order valence-corrected chi connectivity index (χ2v) is 6.35. The molecule has 0 unspecified atom stereocenters. The molecule has 0 saturated carbocycles. The van der Waals surface area contributed by atoms with Crippen LogP contribution >= 0.6 is 0 Å². The molecule has 3 aromatic heterocycles. The fourth-order valence-corrected chi connectivity index (χ4v) is 3.03. The number of nitrogens with zero attached hydrogens (tertiary/aromatic N) is 3. The van der Waals surface area contributed by atoms with E-state index in [9.17, 15) is 9.18 Å². The zero-order valence-electron chi connectivity index (χ0n) is 15.0. The SMILES string of the molecule is O=C(Nc1ccc2nc(-c3ccco3)[nH]c2c1)c1ccn(-c2ccccc2F)n1. The monoisotopic (exact) mass is 387 g/mol. The molecule has 5 aromatic rings. The van der Waals surface area contributed by atoms with Crippen LogP contribution < -0.4 is 5.32 Å². The van der Waals surface area contributed by atoms with Gasteiger partial charge in [-0.1, -0.05) is 12.1 Å². The maximum Gasteiger partial charge on any atom is 0.276 e. The number of hydrogen-bond donors (Lipinski definition) is 2. The minimum Gasteiger partial charge on any atom is -0.461 e. The zero-order valence-corrected chi connectivity index (χ0v) is 15.0. The van der Waals surface area contributed by atoms with E-state index in [1.807, 2.05) is 6.07 Å². The van der Waals surface area contributed by atoms with Gasteiger partial charge >= 0.3 is 0 Å². The number of rotatable bonds is 4. The highest BCUT2D eigenvalue weighted by Crippen LogP contribution is 2.23. The van der Waals surface area contributed by atoms with Crippen molar-refractivity contribution in [3.63, 3.8) is 0 Å². The molecule has 0 fully saturated rings. The molecule has 3 heterocycles. The Morgan fingerprint density at radius 3 is 2.83 bits per heavy atom. The highest BCUT2D eigenvalue weighted by Gasteiger charge is 2.13. The normalized spacial score (nSPS) is 11.1. The topological polar surface area (TPSA) is 88.7 Å². The number of hydrogen-bond acceptors (Lipinski definition) is 4. The van der Waals surface area contributed by atoms with E-state index >= 15 is 0 Å². The summed E-state index contributed by atoms with van der Waals surface area (Å²) in [5, 5.41) is 6.96. The lowest BCUT2D eigenvalue weighted by Gasteiger charge is -2.04. The Balaban J connectivity index is 1.38. The summed E-state index contributed by atoms with van der Waals surface area (Å²) in [6, 6.07) is 16.7. The second kappa shape index (κ2) is 6.75. The molecule has 2 aromatic carbocycles. The molecule has 2 N–H and O–H groups in total. The van der Waals surface area contributed by atoms with Gasteiger partial charge in [-0.05, 0) is 48.5 Å². The predicted octanol–water partition coefficient (Wildman–Crippen LogP) is 4.40. The Morgan fingerprint density at radius 2 is 2.00 bits per heavy atom. The molecule has 0 atom stereocenters. The Labute approximate surface area is 163 Å². The smallest absolute Gasteiger partial charge is 0.276 e. The predicted molar refractivity (Wildman–Crippen MR) is 105 cm³/mol. The first-order valence-electron chi connectivity index (χ1n) is 8.83. The summed E-state index contributed by atoms with van der Waals surface area (Å²) in [6.45, 7) is 0. The van der Waals surface area contributed by atoms with Gasteiger partial charge in [-0.15, -0.1) is 0 Å². The number of amides is 1. The Hall–Kier alpha value is -4.20. The van der Waals surface area contributed by atoms with E-state index in [-0.39, 0.29) is 11.4 Å². The lowest BCUT2D eigenvalue weighted by atomic mass is 10.2. The largest absolute Gasteiger partial charge is 0.461 e. The zero-order chi connectivity index (χ0) is 19.8. The molecular weight excluding hydrogens is 373 g/mol. The fraction of sp³-hybridized carbons (Fsp3) is 0. The van der Waals surface area contributed by atoms with Gasteiger partial charge in [0.2, 0.25) is 0 Å². The molecule has 0 bridgehead atoms. The van der Waals surface area contributed by atoms with Gasteiger partial charge in [0.15, 0.2) is 17.3 Å². The van der Waals surface area contributed by atoms with Gasteiger partial charge in [0, 0.05) is 11.9 Å². The van der Waals surface area contributed by atoms with E-state index in [2.05, 4.69) is 20.4 Å². The van der Waals surface area contributed by atoms with Crippen molar-refractivity contribution in [2.75, 3.05) is 5.32 Å². The highest BCUT2D eigenvalue weighted by atomic mass is 19.1. The van der Waals surface area contributed by atoms with Gasteiger partial charge in [0.1, 0.15) is 11.5 Å². The van der Waals surface area contributed by atoms with Crippen molar-refractivity contribution < 1.29 is 13.6 Å². The maximum atomic E-state index is 13.9. The van der Waals surface area contributed by atoms with Crippen LogP contribution in [0.25, 0.3) is 28.3 Å². The number of fused-ring (bicyclic) bond motifs is 1. The molecule has 142 valence electrons. The number of nitrogens with one attached hydrogen (secondary N) is 2. The van der Waals surface area contributed by atoms with E-state index in [0.29, 0.717) is 17.3 Å². The van der Waals surface area contributed by atoms with Gasteiger partial charge in [-0.25, -0.2) is 14.1 Å². The number of carbonyl (C=O) groups is 1. The summed E-state index contributed by atoms with van der Waals surface area (Å²) in [6.07, 6.45) is 3.12. The third-order valence-electron chi connectivity index (χ3n) is 4.42. The molecule has 1 amide bonds. The molecule has 0 aliphatic heterocycles. The number of benzene rings is 2. The lowest BCUT2D eigenvalue weighted by molar-refractivity contribution is 0.102. The van der Waals surface area contributed by atoms with E-state index < -0.39 is 11.7 Å². The molecule has 0 aliphatic rings. The molecule has 29 heavy (non-hydrogen) atoms. The van der Waals surface area contributed by atoms with Crippen molar-refractivity contribution >= 4 is 22.6 Å². The van der Waals surface area contributed by atoms with Crippen LogP contribution in [0.2, 0.25) is 0 Å². The number of furan rings is 1. The maximum absolute atomic E-state index is 13.9. The molecule has 7 nitrogen and oxygen atoms in total. The first-order chi connectivity index (χ1) is 14.2. The van der Waals surface area contributed by atoms with Crippen LogP contribution in [0.3, 0.4) is 0 Å². The average Bonchev–Trinajstić information content (AvgIpc) is 3.47. The molecule has 0 saturated heterocycles. The summed E-state index contributed by atoms with van der Waals surface area (Å²) in [7, 11) is 0. The van der Waals surface area contributed by atoms with Crippen molar-refractivity contribution in [3.05, 3.63) is 84.6 Å². The van der Waals surface area contributed by atoms with Gasteiger partial charge in [-0.3, -0.25) is 4.79 Å². The van der Waals surface area contributed by atoms with Gasteiger partial charge in [0.25, 0.3) is 5.91 Å². The van der Waals surface area contributed by atoms with Gasteiger partial charge < -0.3 is 14.7 Å². The Morgan fingerprint density at radius 1 is 1.10 bits per heavy atom. The van der Waals surface area contributed by atoms with Crippen LogP contribution in [0.5, 0.6) is 0 Å². The third-order valence-corrected chi connectivity index (χ3v) is 4.42. The standard InChI is InChI=1S/C21H14FN5O2/c22-14-4-1-2-5-18(14)27-10-9-16(26-27)21(28)23-13-7-8-15-17(12-13)25-20(24-15)19-6-3-11-29-19/h1-12H,(H,23,28)(H,24,25). The van der Waals surface area contributed by atoms with Crippen molar-refractivity contribution in [2.45, 2.75) is 0 Å². The number of halogens is 1. The van der Waals surface area contributed by atoms with Gasteiger partial charge in [0.05, 0.1) is 17.3 Å². The summed E-state index contributed by atoms with van der Waals surface area (Å²) < 4.78 is 20.6. The van der Waals surface area contributed by atoms with Crippen molar-refractivity contribution in [3.8, 4) is 17.3 Å². The number of para-hydroxylation sites is 1. The second-order valence-electron chi connectivity index (χ2n) is 6.35. The molecular formula is C21H14FN5O2. The Kier molecular flexibility index (Phi) is 3.94. The van der Waals surface area contributed by atoms with Crippen molar-refractivity contribution in [1.29, 1.82) is 0 Å². The minimum atomic E-state index is -0.417. The number of aromatic nitrogens is 4. The number of aromatic amines is 1. The number of imidazole rings is 1. The molecule has 8 heteroatoms. The van der Waals surface area contributed by atoms with Crippen LogP contribution in [-0.4, -0.2) is 25.7 Å². The number of carbonyl (C=O) groups excluding carboxylic acids is 1. The lowest BCUT2D eigenvalue weighted by Crippen LogP contribution is -2.13. The Bertz CT molecular complexity index is 1320. The van der Waals surface area contributed by atoms with Crippen molar-refractivity contribution in [1.82, 2.24) is 19.7 Å². The minimum absolute atomic E-state index is 0.175. The number of H-pyrrole nitrogens is 1. The van der Waals surface area contributed by atoms with E-state index in [1.54, 1.807) is 54.9 Å². The summed E-state index contributed by atoms with van der Waals surface area (Å²) in [5.41, 5.74) is 2.53. The quantitative estimate of drug-likeness (QED) is 0.478. The van der Waals surface area contributed by atoms with Crippen LogP contribution in [0, 0.1) is 5.82 Å². The summed E-state index contributed by atoms with van der Waals surface area (Å²) in [4.78, 5) is 20.2. The molecule has 0 spiro atoms. The van der Waals surface area contributed by atoms with Crippen LogP contribution in [0.1, 0.15) is 10.5 Å². The first-order valence-corrected chi connectivity index (χ1v) is 8.83. The van der Waals surface area contributed by atoms with E-state index in [0.717, 1.165) is 11.0 Å². The average molecular weight is 387 g/mol. The fourth-order valence-electron chi connectivity index (χ4n) is 3.03. The first kappa shape index (κ1) is 16.9. The number of anilines is 1. The molecule has 0 aliphatic carbocycles. The van der Waals surface area contributed by atoms with Gasteiger partial charge in [-0.2, -0.15) is 5.10 Å². The van der Waals surface area contributed by atoms with Crippen molar-refractivity contribution in [2.24, 2.45) is 0 Å². The molecule has 0 radical (unpaired) electrons. The summed E-state index contributed by atoms with van der Waals surface area (Å²) >= 11 is 0. The van der Waals surface area contributed by atoms with Crippen LogP contribution in [0.15, 0.2) is 77.5 Å². The van der Waals surface area contributed by atoms with Crippen LogP contribution in [-0.2, 0) is 0 Å². The highest BCUT2D eigenvalue weighted by molar-refractivity contribution is 6.03. The summed E-state index contributed by atoms with van der Waals surface area (Å²) in [5.74, 6) is 0.424. The van der Waals surface area contributed by atoms with E-state index in [4.69, 9.17) is 4.42 Å². The molecule has 5 rings (SSSR count).